The Balaban J connectivity index is 0.00000243. The molecule has 26 heavy (non-hydrogen) atoms. The molecule has 1 aromatic heterocycles. The van der Waals surface area contributed by atoms with E-state index in [-0.39, 0.29) is 42.6 Å². The van der Waals surface area contributed by atoms with E-state index < -0.39 is 0 Å². The fourth-order valence-electron chi connectivity index (χ4n) is 3.38. The Kier molecular flexibility index (Phi) is 7.86. The number of piperazine rings is 1. The molecule has 2 saturated heterocycles. The van der Waals surface area contributed by atoms with Crippen molar-refractivity contribution in [3.8, 4) is 0 Å². The van der Waals surface area contributed by atoms with Gasteiger partial charge in [0.05, 0.1) is 6.54 Å². The number of piperidine rings is 1. The van der Waals surface area contributed by atoms with Crippen LogP contribution in [0.1, 0.15) is 29.6 Å². The number of nitrogens with one attached hydrogen (secondary N) is 2. The van der Waals surface area contributed by atoms with Crippen molar-refractivity contribution in [1.82, 2.24) is 20.4 Å². The van der Waals surface area contributed by atoms with Crippen molar-refractivity contribution in [2.45, 2.75) is 25.3 Å². The van der Waals surface area contributed by atoms with Crippen molar-refractivity contribution in [3.63, 3.8) is 0 Å². The topological polar surface area (TPSA) is 81.8 Å². The Morgan fingerprint density at radius 3 is 2.92 bits per heavy atom. The largest absolute Gasteiger partial charge is 0.351 e. The van der Waals surface area contributed by atoms with Crippen LogP contribution in [0.3, 0.4) is 0 Å². The van der Waals surface area contributed by atoms with E-state index in [1.54, 1.807) is 11.4 Å². The molecule has 0 spiro atoms. The van der Waals surface area contributed by atoms with E-state index in [1.165, 1.54) is 11.3 Å². The molecule has 0 aromatic carbocycles. The van der Waals surface area contributed by atoms with Crippen molar-refractivity contribution >= 4 is 41.5 Å². The second-order valence-electron chi connectivity index (χ2n) is 6.42. The molecule has 0 radical (unpaired) electrons. The molecule has 3 rings (SSSR count). The number of hydrogen-bond donors (Lipinski definition) is 2. The van der Waals surface area contributed by atoms with Crippen LogP contribution in [-0.4, -0.2) is 72.8 Å². The van der Waals surface area contributed by atoms with Crippen LogP contribution in [0.25, 0.3) is 0 Å². The summed E-state index contributed by atoms with van der Waals surface area (Å²) in [5, 5.41) is 9.50. The summed E-state index contributed by atoms with van der Waals surface area (Å²) in [5.74, 6) is 0.0171. The van der Waals surface area contributed by atoms with Gasteiger partial charge in [0.1, 0.15) is 0 Å². The van der Waals surface area contributed by atoms with E-state index in [1.807, 2.05) is 15.2 Å². The summed E-state index contributed by atoms with van der Waals surface area (Å²) < 4.78 is 0. The predicted molar refractivity (Wildman–Crippen MR) is 103 cm³/mol. The molecule has 1 atom stereocenters. The Morgan fingerprint density at radius 2 is 2.19 bits per heavy atom. The van der Waals surface area contributed by atoms with Crippen LogP contribution in [0.15, 0.2) is 16.8 Å². The maximum Gasteiger partial charge on any atom is 0.252 e. The fourth-order valence-corrected chi connectivity index (χ4v) is 4.02. The molecule has 3 amide bonds. The van der Waals surface area contributed by atoms with Crippen molar-refractivity contribution in [2.24, 2.45) is 0 Å². The summed E-state index contributed by atoms with van der Waals surface area (Å²) in [7, 11) is 0. The van der Waals surface area contributed by atoms with E-state index in [2.05, 4.69) is 10.6 Å². The number of rotatable bonds is 5. The molecule has 0 saturated carbocycles. The average molecular weight is 401 g/mol. The number of halogens is 1. The van der Waals surface area contributed by atoms with Gasteiger partial charge < -0.3 is 20.4 Å². The highest BCUT2D eigenvalue weighted by atomic mass is 35.5. The summed E-state index contributed by atoms with van der Waals surface area (Å²) >= 11 is 1.47. The molecule has 9 heteroatoms. The second kappa shape index (κ2) is 9.89. The zero-order chi connectivity index (χ0) is 17.6. The Bertz CT molecular complexity index is 626. The number of nitrogens with zero attached hydrogens (tertiary/aromatic N) is 2. The number of carbonyl (C=O) groups is 3. The lowest BCUT2D eigenvalue weighted by Crippen LogP contribution is -2.57. The SMILES string of the molecule is Cl.O=C(NCCC(=O)N1CCCC(N2CCNCC2=O)C1)c1ccsc1. The standard InChI is InChI=1S/C17H24N4O3S.ClH/c22-15(3-5-19-17(24)13-4-9-25-12-13)20-7-1-2-14(11-20)21-8-6-18-10-16(21)23;/h4,9,12,14,18H,1-3,5-8,10-11H2,(H,19,24);1H. The highest BCUT2D eigenvalue weighted by Gasteiger charge is 2.31. The van der Waals surface area contributed by atoms with Gasteiger partial charge in [-0.2, -0.15) is 11.3 Å². The fraction of sp³-hybridized carbons (Fsp3) is 0.588. The minimum Gasteiger partial charge on any atom is -0.351 e. The number of likely N-dealkylation sites (tertiary alicyclic amines) is 1. The molecule has 2 aliphatic rings. The number of amides is 3. The lowest BCUT2D eigenvalue weighted by atomic mass is 10.0. The summed E-state index contributed by atoms with van der Waals surface area (Å²) in [6, 6.07) is 1.88. The normalized spacial score (nSPS) is 20.5. The molecule has 2 fully saturated rings. The number of hydrogen-bond acceptors (Lipinski definition) is 5. The Hall–Kier alpha value is -1.64. The molecule has 1 aromatic rings. The first-order valence-corrected chi connectivity index (χ1v) is 9.68. The van der Waals surface area contributed by atoms with Crippen LogP contribution in [0.5, 0.6) is 0 Å². The third kappa shape index (κ3) is 5.18. The lowest BCUT2D eigenvalue weighted by Gasteiger charge is -2.41. The quantitative estimate of drug-likeness (QED) is 0.762. The Morgan fingerprint density at radius 1 is 1.35 bits per heavy atom. The summed E-state index contributed by atoms with van der Waals surface area (Å²) in [4.78, 5) is 40.1. The number of thiophene rings is 1. The summed E-state index contributed by atoms with van der Waals surface area (Å²) in [6.45, 7) is 3.57. The van der Waals surface area contributed by atoms with Crippen LogP contribution in [0.2, 0.25) is 0 Å². The van der Waals surface area contributed by atoms with E-state index in [0.29, 0.717) is 31.7 Å². The van der Waals surface area contributed by atoms with Gasteiger partial charge in [-0.25, -0.2) is 0 Å². The van der Waals surface area contributed by atoms with Crippen LogP contribution < -0.4 is 10.6 Å². The van der Waals surface area contributed by atoms with Gasteiger partial charge in [-0.3, -0.25) is 14.4 Å². The van der Waals surface area contributed by atoms with Gasteiger partial charge in [0.15, 0.2) is 0 Å². The van der Waals surface area contributed by atoms with Gasteiger partial charge >= 0.3 is 0 Å². The molecule has 3 heterocycles. The molecular formula is C17H25ClN4O3S. The van der Waals surface area contributed by atoms with Gasteiger partial charge in [0.25, 0.3) is 5.91 Å². The van der Waals surface area contributed by atoms with Crippen LogP contribution >= 0.6 is 23.7 Å². The molecule has 2 aliphatic heterocycles. The highest BCUT2D eigenvalue weighted by molar-refractivity contribution is 7.08. The molecule has 7 nitrogen and oxygen atoms in total. The summed E-state index contributed by atoms with van der Waals surface area (Å²) in [5.41, 5.74) is 0.632. The minimum absolute atomic E-state index is 0. The van der Waals surface area contributed by atoms with Crippen LogP contribution in [-0.2, 0) is 9.59 Å². The molecule has 0 aliphatic carbocycles. The average Bonchev–Trinajstić information content (AvgIpc) is 3.17. The predicted octanol–water partition coefficient (Wildman–Crippen LogP) is 0.713. The van der Waals surface area contributed by atoms with E-state index in [0.717, 1.165) is 25.9 Å². The zero-order valence-electron chi connectivity index (χ0n) is 14.6. The summed E-state index contributed by atoms with van der Waals surface area (Å²) in [6.07, 6.45) is 2.15. The van der Waals surface area contributed by atoms with E-state index in [4.69, 9.17) is 0 Å². The van der Waals surface area contributed by atoms with Crippen molar-refractivity contribution < 1.29 is 14.4 Å². The molecule has 144 valence electrons. The first-order chi connectivity index (χ1) is 12.1. The molecule has 2 N–H and O–H groups in total. The smallest absolute Gasteiger partial charge is 0.252 e. The molecule has 0 bridgehead atoms. The lowest BCUT2D eigenvalue weighted by molar-refractivity contribution is -0.140. The Labute approximate surface area is 163 Å². The van der Waals surface area contributed by atoms with Crippen molar-refractivity contribution in [1.29, 1.82) is 0 Å². The van der Waals surface area contributed by atoms with Gasteiger partial charge in [0, 0.05) is 56.1 Å². The van der Waals surface area contributed by atoms with Crippen LogP contribution in [0, 0.1) is 0 Å². The van der Waals surface area contributed by atoms with Crippen molar-refractivity contribution in [3.05, 3.63) is 22.4 Å². The maximum atomic E-state index is 12.4. The maximum absolute atomic E-state index is 12.4. The third-order valence-electron chi connectivity index (χ3n) is 4.72. The van der Waals surface area contributed by atoms with Crippen LogP contribution in [0.4, 0.5) is 0 Å². The first-order valence-electron chi connectivity index (χ1n) is 8.73. The van der Waals surface area contributed by atoms with Gasteiger partial charge in [-0.1, -0.05) is 0 Å². The van der Waals surface area contributed by atoms with Gasteiger partial charge in [-0.05, 0) is 24.3 Å². The number of carbonyl (C=O) groups excluding carboxylic acids is 3. The van der Waals surface area contributed by atoms with E-state index >= 15 is 0 Å². The van der Waals surface area contributed by atoms with Gasteiger partial charge in [-0.15, -0.1) is 12.4 Å². The van der Waals surface area contributed by atoms with Gasteiger partial charge in [0.2, 0.25) is 11.8 Å². The minimum atomic E-state index is -0.142. The van der Waals surface area contributed by atoms with Crippen molar-refractivity contribution in [2.75, 3.05) is 39.3 Å². The highest BCUT2D eigenvalue weighted by Crippen LogP contribution is 2.17. The van der Waals surface area contributed by atoms with E-state index in [9.17, 15) is 14.4 Å². The molecule has 1 unspecified atom stereocenters. The molecular weight excluding hydrogens is 376 g/mol. The third-order valence-corrected chi connectivity index (χ3v) is 5.41. The second-order valence-corrected chi connectivity index (χ2v) is 7.20. The zero-order valence-corrected chi connectivity index (χ0v) is 16.2. The monoisotopic (exact) mass is 400 g/mol. The first kappa shape index (κ1) is 20.7.